The molecule has 0 saturated heterocycles. The first-order chi connectivity index (χ1) is 15.1. The lowest BCUT2D eigenvalue weighted by atomic mass is 9.60. The molecular formula is C28H39F2N. The Labute approximate surface area is 187 Å². The molecule has 4 unspecified atom stereocenters. The van der Waals surface area contributed by atoms with Crippen molar-refractivity contribution in [3.63, 3.8) is 0 Å². The molecule has 0 aromatic heterocycles. The van der Waals surface area contributed by atoms with E-state index in [1.165, 1.54) is 89.2 Å². The van der Waals surface area contributed by atoms with Crippen LogP contribution in [0.2, 0.25) is 0 Å². The van der Waals surface area contributed by atoms with Gasteiger partial charge in [0, 0.05) is 0 Å². The average molecular weight is 428 g/mol. The minimum atomic E-state index is -0.705. The maximum Gasteiger partial charge on any atom is 0.144 e. The van der Waals surface area contributed by atoms with E-state index in [2.05, 4.69) is 6.92 Å². The Balaban J connectivity index is 1.27. The second-order valence-corrected chi connectivity index (χ2v) is 10.9. The summed E-state index contributed by atoms with van der Waals surface area (Å²) in [5, 5.41) is 8.89. The number of hydrogen-bond donors (Lipinski definition) is 0. The number of halogens is 2. The van der Waals surface area contributed by atoms with E-state index < -0.39 is 17.2 Å². The molecule has 4 atom stereocenters. The van der Waals surface area contributed by atoms with Gasteiger partial charge in [-0.15, -0.1) is 0 Å². The monoisotopic (exact) mass is 427 g/mol. The highest BCUT2D eigenvalue weighted by Gasteiger charge is 2.38. The molecule has 31 heavy (non-hydrogen) atoms. The van der Waals surface area contributed by atoms with Crippen molar-refractivity contribution in [1.29, 1.82) is 5.26 Å². The van der Waals surface area contributed by atoms with Gasteiger partial charge in [0.1, 0.15) is 23.3 Å². The molecule has 0 N–H and O–H groups in total. The van der Waals surface area contributed by atoms with E-state index >= 15 is 0 Å². The Kier molecular flexibility index (Phi) is 7.68. The second kappa shape index (κ2) is 10.5. The van der Waals surface area contributed by atoms with Crippen LogP contribution in [0, 0.1) is 52.6 Å². The number of nitriles is 1. The molecule has 170 valence electrons. The first kappa shape index (κ1) is 22.8. The molecule has 0 bridgehead atoms. The van der Waals surface area contributed by atoms with E-state index in [0.29, 0.717) is 0 Å². The van der Waals surface area contributed by atoms with Gasteiger partial charge in [0.25, 0.3) is 0 Å². The van der Waals surface area contributed by atoms with Crippen LogP contribution < -0.4 is 0 Å². The van der Waals surface area contributed by atoms with Gasteiger partial charge in [-0.05, 0) is 111 Å². The minimum absolute atomic E-state index is 0.239. The number of nitrogens with zero attached hydrogens (tertiary/aromatic N) is 1. The molecule has 0 aliphatic heterocycles. The maximum atomic E-state index is 14.0. The molecule has 0 amide bonds. The first-order valence-electron chi connectivity index (χ1n) is 13.0. The van der Waals surface area contributed by atoms with Gasteiger partial charge >= 0.3 is 0 Å². The van der Waals surface area contributed by atoms with Gasteiger partial charge in [-0.1, -0.05) is 39.0 Å². The fourth-order valence-corrected chi connectivity index (χ4v) is 7.26. The highest BCUT2D eigenvalue weighted by atomic mass is 19.1. The normalized spacial score (nSPS) is 33.5. The Hall–Kier alpha value is -1.43. The Morgan fingerprint density at radius 1 is 0.806 bits per heavy atom. The van der Waals surface area contributed by atoms with Crippen molar-refractivity contribution in [3.8, 4) is 6.07 Å². The van der Waals surface area contributed by atoms with E-state index in [0.717, 1.165) is 48.0 Å². The van der Waals surface area contributed by atoms with Gasteiger partial charge in [-0.3, -0.25) is 0 Å². The number of unbranched alkanes of at least 4 members (excludes halogenated alkanes) is 2. The number of hydrogen-bond acceptors (Lipinski definition) is 1. The van der Waals surface area contributed by atoms with E-state index in [9.17, 15) is 8.78 Å². The third-order valence-electron chi connectivity index (χ3n) is 9.06. The second-order valence-electron chi connectivity index (χ2n) is 10.9. The van der Waals surface area contributed by atoms with Crippen molar-refractivity contribution >= 4 is 0 Å². The van der Waals surface area contributed by atoms with E-state index in [1.54, 1.807) is 6.07 Å². The molecular weight excluding hydrogens is 388 g/mol. The number of fused-ring (bicyclic) bond motifs is 1. The van der Waals surface area contributed by atoms with Gasteiger partial charge < -0.3 is 0 Å². The van der Waals surface area contributed by atoms with Crippen molar-refractivity contribution < 1.29 is 8.78 Å². The molecule has 3 aliphatic rings. The van der Waals surface area contributed by atoms with Gasteiger partial charge in [0.15, 0.2) is 0 Å². The number of rotatable bonds is 6. The Morgan fingerprint density at radius 2 is 1.39 bits per heavy atom. The van der Waals surface area contributed by atoms with Crippen molar-refractivity contribution in [2.75, 3.05) is 0 Å². The smallest absolute Gasteiger partial charge is 0.144 e. The average Bonchev–Trinajstić information content (AvgIpc) is 2.79. The SMILES string of the molecule is CCCCCC1CCC2CC(C3CCC(c4cc(F)c(C#N)c(F)c4)CC3)CCC2C1. The molecule has 3 heteroatoms. The van der Waals surface area contributed by atoms with Gasteiger partial charge in [0.2, 0.25) is 0 Å². The summed E-state index contributed by atoms with van der Waals surface area (Å²) >= 11 is 0. The zero-order chi connectivity index (χ0) is 21.8. The van der Waals surface area contributed by atoms with Crippen molar-refractivity contribution in [1.82, 2.24) is 0 Å². The van der Waals surface area contributed by atoms with Crippen LogP contribution in [0.4, 0.5) is 8.78 Å². The largest absolute Gasteiger partial charge is 0.205 e. The standard InChI is InChI=1S/C28H39F2N/c1-2-3-4-5-19-6-7-24-15-23(13-12-22(24)14-19)20-8-10-21(11-9-20)25-16-27(29)26(18-31)28(30)17-25/h16-17,19-24H,2-15H2,1H3. The van der Waals surface area contributed by atoms with Gasteiger partial charge in [-0.2, -0.15) is 5.26 Å². The molecule has 0 spiro atoms. The summed E-state index contributed by atoms with van der Waals surface area (Å²) in [7, 11) is 0. The van der Waals surface area contributed by atoms with Crippen LogP contribution in [-0.2, 0) is 0 Å². The van der Waals surface area contributed by atoms with Crippen LogP contribution in [0.15, 0.2) is 12.1 Å². The summed E-state index contributed by atoms with van der Waals surface area (Å²) in [6.07, 6.45) is 18.7. The fraction of sp³-hybridized carbons (Fsp3) is 0.750. The molecule has 3 aliphatic carbocycles. The summed E-state index contributed by atoms with van der Waals surface area (Å²) in [6, 6.07) is 4.43. The molecule has 1 aromatic rings. The first-order valence-corrected chi connectivity index (χ1v) is 13.0. The van der Waals surface area contributed by atoms with Crippen LogP contribution in [0.3, 0.4) is 0 Å². The quantitative estimate of drug-likeness (QED) is 0.417. The minimum Gasteiger partial charge on any atom is -0.205 e. The zero-order valence-electron chi connectivity index (χ0n) is 19.2. The third kappa shape index (κ3) is 5.32. The topological polar surface area (TPSA) is 23.8 Å². The lowest BCUT2D eigenvalue weighted by molar-refractivity contribution is 0.0613. The van der Waals surface area contributed by atoms with Crippen LogP contribution in [0.5, 0.6) is 0 Å². The lowest BCUT2D eigenvalue weighted by Gasteiger charge is -2.45. The summed E-state index contributed by atoms with van der Waals surface area (Å²) in [4.78, 5) is 0. The third-order valence-corrected chi connectivity index (χ3v) is 9.06. The highest BCUT2D eigenvalue weighted by molar-refractivity contribution is 5.36. The Bertz CT molecular complexity index is 751. The van der Waals surface area contributed by atoms with Crippen molar-refractivity contribution in [2.45, 2.75) is 103 Å². The Morgan fingerprint density at radius 3 is 2.03 bits per heavy atom. The van der Waals surface area contributed by atoms with E-state index in [4.69, 9.17) is 5.26 Å². The molecule has 0 heterocycles. The molecule has 0 radical (unpaired) electrons. The van der Waals surface area contributed by atoms with Gasteiger partial charge in [-0.25, -0.2) is 8.78 Å². The fourth-order valence-electron chi connectivity index (χ4n) is 7.26. The molecule has 1 nitrogen and oxygen atoms in total. The van der Waals surface area contributed by atoms with Crippen molar-refractivity contribution in [2.24, 2.45) is 29.6 Å². The summed E-state index contributed by atoms with van der Waals surface area (Å²) in [5.74, 6) is 3.43. The van der Waals surface area contributed by atoms with Crippen molar-refractivity contribution in [3.05, 3.63) is 34.9 Å². The predicted molar refractivity (Wildman–Crippen MR) is 122 cm³/mol. The van der Waals surface area contributed by atoms with Crippen LogP contribution in [-0.4, -0.2) is 0 Å². The van der Waals surface area contributed by atoms with Crippen LogP contribution >= 0.6 is 0 Å². The van der Waals surface area contributed by atoms with Crippen LogP contribution in [0.1, 0.15) is 114 Å². The summed E-state index contributed by atoms with van der Waals surface area (Å²) in [6.45, 7) is 2.30. The summed E-state index contributed by atoms with van der Waals surface area (Å²) in [5.41, 5.74) is 0.298. The maximum absolute atomic E-state index is 14.0. The van der Waals surface area contributed by atoms with E-state index in [-0.39, 0.29) is 5.92 Å². The highest BCUT2D eigenvalue weighted by Crippen LogP contribution is 2.50. The molecule has 1 aromatic carbocycles. The van der Waals surface area contributed by atoms with E-state index in [1.807, 2.05) is 0 Å². The number of benzene rings is 1. The zero-order valence-corrected chi connectivity index (χ0v) is 19.2. The predicted octanol–water partition coefficient (Wildman–Crippen LogP) is 8.52. The molecule has 4 rings (SSSR count). The van der Waals surface area contributed by atoms with Gasteiger partial charge in [0.05, 0.1) is 0 Å². The molecule has 3 saturated carbocycles. The molecule has 3 fully saturated rings. The summed E-state index contributed by atoms with van der Waals surface area (Å²) < 4.78 is 28.1. The van der Waals surface area contributed by atoms with Crippen LogP contribution in [0.25, 0.3) is 0 Å². The lowest BCUT2D eigenvalue weighted by Crippen LogP contribution is -2.34.